The van der Waals surface area contributed by atoms with Gasteiger partial charge in [-0.3, -0.25) is 9.59 Å². The van der Waals surface area contributed by atoms with E-state index in [1.165, 1.54) is 5.56 Å². The van der Waals surface area contributed by atoms with Crippen LogP contribution in [0.15, 0.2) is 48.5 Å². The molecule has 1 saturated heterocycles. The Hall–Kier alpha value is -2.66. The maximum Gasteiger partial charge on any atom is 0.258 e. The van der Waals surface area contributed by atoms with E-state index in [4.69, 9.17) is 0 Å². The molecular weight excluding hydrogens is 350 g/mol. The first-order valence-electron chi connectivity index (χ1n) is 10.2. The quantitative estimate of drug-likeness (QED) is 0.837. The van der Waals surface area contributed by atoms with Gasteiger partial charge in [-0.15, -0.1) is 0 Å². The molecule has 2 heterocycles. The van der Waals surface area contributed by atoms with Gasteiger partial charge in [0.2, 0.25) is 5.91 Å². The fourth-order valence-electron chi connectivity index (χ4n) is 4.16. The maximum atomic E-state index is 13.0. The number of para-hydroxylation sites is 1. The first kappa shape index (κ1) is 18.7. The van der Waals surface area contributed by atoms with Gasteiger partial charge in [0.25, 0.3) is 5.91 Å². The molecule has 2 N–H and O–H groups in total. The van der Waals surface area contributed by atoms with Crippen molar-refractivity contribution < 1.29 is 9.59 Å². The number of benzene rings is 2. The monoisotopic (exact) mass is 377 g/mol. The third kappa shape index (κ3) is 4.25. The van der Waals surface area contributed by atoms with Gasteiger partial charge in [0.15, 0.2) is 0 Å². The standard InChI is InChI=1S/C23H27N3O2/c27-22(9-8-17-10-13-24-14-11-17)25-20-6-3-5-19(16-20)23(28)26-15-12-18-4-1-2-7-21(18)26/h1-7,16-17,24H,8-15H2,(H,25,27). The summed E-state index contributed by atoms with van der Waals surface area (Å²) in [6, 6.07) is 15.3. The molecule has 0 radical (unpaired) electrons. The zero-order chi connectivity index (χ0) is 19.3. The second-order valence-corrected chi connectivity index (χ2v) is 7.70. The van der Waals surface area contributed by atoms with Crippen LogP contribution >= 0.6 is 0 Å². The molecule has 2 aromatic carbocycles. The summed E-state index contributed by atoms with van der Waals surface area (Å²) >= 11 is 0. The minimum absolute atomic E-state index is 0.0178. The second kappa shape index (κ2) is 8.57. The highest BCUT2D eigenvalue weighted by Crippen LogP contribution is 2.29. The minimum Gasteiger partial charge on any atom is -0.326 e. The highest BCUT2D eigenvalue weighted by atomic mass is 16.2. The molecule has 0 bridgehead atoms. The third-order valence-electron chi connectivity index (χ3n) is 5.76. The smallest absolute Gasteiger partial charge is 0.258 e. The molecule has 5 heteroatoms. The lowest BCUT2D eigenvalue weighted by Gasteiger charge is -2.22. The van der Waals surface area contributed by atoms with Crippen molar-refractivity contribution in [1.29, 1.82) is 0 Å². The summed E-state index contributed by atoms with van der Waals surface area (Å²) in [5.41, 5.74) is 3.49. The highest BCUT2D eigenvalue weighted by Gasteiger charge is 2.25. The molecule has 2 amide bonds. The number of carbonyl (C=O) groups excluding carboxylic acids is 2. The van der Waals surface area contributed by atoms with E-state index in [1.807, 2.05) is 41.3 Å². The van der Waals surface area contributed by atoms with E-state index in [2.05, 4.69) is 16.7 Å². The zero-order valence-corrected chi connectivity index (χ0v) is 16.1. The summed E-state index contributed by atoms with van der Waals surface area (Å²) in [6.45, 7) is 2.80. The van der Waals surface area contributed by atoms with Crippen LogP contribution in [-0.2, 0) is 11.2 Å². The molecule has 0 saturated carbocycles. The van der Waals surface area contributed by atoms with Crippen molar-refractivity contribution in [2.75, 3.05) is 29.9 Å². The first-order valence-corrected chi connectivity index (χ1v) is 10.2. The predicted octanol–water partition coefficient (Wildman–Crippen LogP) is 3.61. The molecule has 1 fully saturated rings. The van der Waals surface area contributed by atoms with Crippen LogP contribution < -0.4 is 15.5 Å². The van der Waals surface area contributed by atoms with Gasteiger partial charge >= 0.3 is 0 Å². The topological polar surface area (TPSA) is 61.4 Å². The lowest BCUT2D eigenvalue weighted by molar-refractivity contribution is -0.116. The maximum absolute atomic E-state index is 13.0. The van der Waals surface area contributed by atoms with E-state index in [0.717, 1.165) is 44.5 Å². The van der Waals surface area contributed by atoms with E-state index in [1.54, 1.807) is 6.07 Å². The van der Waals surface area contributed by atoms with E-state index < -0.39 is 0 Å². The average molecular weight is 377 g/mol. The molecule has 2 aliphatic rings. The summed E-state index contributed by atoms with van der Waals surface area (Å²) in [5.74, 6) is 0.639. The number of nitrogens with one attached hydrogen (secondary N) is 2. The number of hydrogen-bond donors (Lipinski definition) is 2. The van der Waals surface area contributed by atoms with Crippen molar-refractivity contribution in [3.05, 3.63) is 59.7 Å². The van der Waals surface area contributed by atoms with E-state index >= 15 is 0 Å². The second-order valence-electron chi connectivity index (χ2n) is 7.70. The first-order chi connectivity index (χ1) is 13.7. The van der Waals surface area contributed by atoms with Crippen molar-refractivity contribution in [3.8, 4) is 0 Å². The summed E-state index contributed by atoms with van der Waals surface area (Å²) in [7, 11) is 0. The van der Waals surface area contributed by atoms with Crippen molar-refractivity contribution in [3.63, 3.8) is 0 Å². The summed E-state index contributed by atoms with van der Waals surface area (Å²) in [5, 5.41) is 6.31. The SMILES string of the molecule is O=C(CCC1CCNCC1)Nc1cccc(C(=O)N2CCc3ccccc32)c1. The molecule has 4 rings (SSSR count). The molecule has 0 spiro atoms. The van der Waals surface area contributed by atoms with E-state index in [-0.39, 0.29) is 11.8 Å². The highest BCUT2D eigenvalue weighted by molar-refractivity contribution is 6.08. The summed E-state index contributed by atoms with van der Waals surface area (Å²) < 4.78 is 0. The average Bonchev–Trinajstić information content (AvgIpc) is 3.17. The van der Waals surface area contributed by atoms with Gasteiger partial charge in [0.05, 0.1) is 0 Å². The minimum atomic E-state index is -0.0178. The Morgan fingerprint density at radius 1 is 1.07 bits per heavy atom. The molecule has 0 aliphatic carbocycles. The van der Waals surface area contributed by atoms with Gasteiger partial charge in [0, 0.05) is 29.9 Å². The summed E-state index contributed by atoms with van der Waals surface area (Å²) in [6.07, 6.45) is 4.64. The third-order valence-corrected chi connectivity index (χ3v) is 5.76. The number of nitrogens with zero attached hydrogens (tertiary/aromatic N) is 1. The van der Waals surface area contributed by atoms with Gasteiger partial charge < -0.3 is 15.5 Å². The zero-order valence-electron chi connectivity index (χ0n) is 16.1. The molecular formula is C23H27N3O2. The molecule has 0 aromatic heterocycles. The van der Waals surface area contributed by atoms with Gasteiger partial charge in [-0.05, 0) is 74.5 Å². The van der Waals surface area contributed by atoms with E-state index in [0.29, 0.717) is 30.1 Å². The number of hydrogen-bond acceptors (Lipinski definition) is 3. The molecule has 146 valence electrons. The Labute approximate surface area is 166 Å². The van der Waals surface area contributed by atoms with Crippen LogP contribution in [0.5, 0.6) is 0 Å². The molecule has 2 aliphatic heterocycles. The summed E-state index contributed by atoms with van der Waals surface area (Å²) in [4.78, 5) is 27.1. The van der Waals surface area contributed by atoms with E-state index in [9.17, 15) is 9.59 Å². The molecule has 5 nitrogen and oxygen atoms in total. The van der Waals surface area contributed by atoms with Gasteiger partial charge in [-0.1, -0.05) is 24.3 Å². The largest absolute Gasteiger partial charge is 0.326 e. The van der Waals surface area contributed by atoms with Gasteiger partial charge in [0.1, 0.15) is 0 Å². The van der Waals surface area contributed by atoms with Gasteiger partial charge in [-0.2, -0.15) is 0 Å². The van der Waals surface area contributed by atoms with Crippen LogP contribution in [0.1, 0.15) is 41.6 Å². The Kier molecular flexibility index (Phi) is 5.72. The Balaban J connectivity index is 1.37. The van der Waals surface area contributed by atoms with Crippen molar-refractivity contribution in [2.24, 2.45) is 5.92 Å². The Morgan fingerprint density at radius 2 is 1.89 bits per heavy atom. The van der Waals surface area contributed by atoms with Crippen molar-refractivity contribution >= 4 is 23.2 Å². The number of piperidine rings is 1. The predicted molar refractivity (Wildman–Crippen MR) is 112 cm³/mol. The van der Waals surface area contributed by atoms with Crippen LogP contribution in [0.2, 0.25) is 0 Å². The van der Waals surface area contributed by atoms with Crippen LogP contribution in [0.3, 0.4) is 0 Å². The molecule has 28 heavy (non-hydrogen) atoms. The fourth-order valence-corrected chi connectivity index (χ4v) is 4.16. The lowest BCUT2D eigenvalue weighted by Crippen LogP contribution is -2.29. The number of rotatable bonds is 5. The van der Waals surface area contributed by atoms with Crippen LogP contribution in [0.4, 0.5) is 11.4 Å². The fraction of sp³-hybridized carbons (Fsp3) is 0.391. The van der Waals surface area contributed by atoms with Crippen LogP contribution in [-0.4, -0.2) is 31.4 Å². The number of carbonyl (C=O) groups is 2. The van der Waals surface area contributed by atoms with Crippen LogP contribution in [0.25, 0.3) is 0 Å². The molecule has 0 atom stereocenters. The normalized spacial score (nSPS) is 16.6. The molecule has 2 aromatic rings. The Morgan fingerprint density at radius 3 is 2.75 bits per heavy atom. The number of anilines is 2. The Bertz CT molecular complexity index is 858. The molecule has 0 unspecified atom stereocenters. The number of fused-ring (bicyclic) bond motifs is 1. The van der Waals surface area contributed by atoms with Crippen molar-refractivity contribution in [2.45, 2.75) is 32.1 Å². The van der Waals surface area contributed by atoms with Gasteiger partial charge in [-0.25, -0.2) is 0 Å². The van der Waals surface area contributed by atoms with Crippen molar-refractivity contribution in [1.82, 2.24) is 5.32 Å². The van der Waals surface area contributed by atoms with Crippen LogP contribution in [0, 0.1) is 5.92 Å². The number of amides is 2. The lowest BCUT2D eigenvalue weighted by atomic mass is 9.93.